The molecule has 0 aliphatic carbocycles. The molecule has 0 N–H and O–H groups in total. The molecule has 7 nitrogen and oxygen atoms in total. The summed E-state index contributed by atoms with van der Waals surface area (Å²) in [7, 11) is -3.09. The third kappa shape index (κ3) is 3.42. The summed E-state index contributed by atoms with van der Waals surface area (Å²) in [6.45, 7) is 4.12. The quantitative estimate of drug-likeness (QED) is 0.754. The van der Waals surface area contributed by atoms with E-state index >= 15 is 0 Å². The first-order chi connectivity index (χ1) is 12.9. The van der Waals surface area contributed by atoms with Crippen LogP contribution in [-0.4, -0.2) is 49.1 Å². The van der Waals surface area contributed by atoms with Crippen molar-refractivity contribution in [3.8, 4) is 11.5 Å². The summed E-state index contributed by atoms with van der Waals surface area (Å²) in [5.74, 6) is 1.20. The average Bonchev–Trinajstić information content (AvgIpc) is 3.27. The van der Waals surface area contributed by atoms with Gasteiger partial charge in [0.1, 0.15) is 0 Å². The Hall–Kier alpha value is -1.74. The van der Waals surface area contributed by atoms with Gasteiger partial charge in [-0.15, -0.1) is 0 Å². The Morgan fingerprint density at radius 1 is 1.26 bits per heavy atom. The van der Waals surface area contributed by atoms with Crippen molar-refractivity contribution < 1.29 is 22.7 Å². The van der Waals surface area contributed by atoms with Gasteiger partial charge >= 0.3 is 0 Å². The number of anilines is 1. The number of hydrogen-bond acceptors (Lipinski definition) is 6. The van der Waals surface area contributed by atoms with Crippen LogP contribution in [0.25, 0.3) is 0 Å². The Morgan fingerprint density at radius 2 is 2.00 bits per heavy atom. The number of ether oxygens (including phenoxy) is 2. The highest BCUT2D eigenvalue weighted by molar-refractivity contribution is 8.16. The SMILES string of the molecule is CCC(CC)C(=O)N=C1S[C@@H]2CS(=O)(=O)C[C@@H]2N1c1ccc2c(c1)OCO2. The summed E-state index contributed by atoms with van der Waals surface area (Å²) in [5.41, 5.74) is 0.771. The van der Waals surface area contributed by atoms with Gasteiger partial charge in [-0.3, -0.25) is 4.79 Å². The number of nitrogens with zero attached hydrogens (tertiary/aromatic N) is 2. The Kier molecular flexibility index (Phi) is 4.84. The van der Waals surface area contributed by atoms with Gasteiger partial charge in [-0.2, -0.15) is 4.99 Å². The minimum Gasteiger partial charge on any atom is -0.454 e. The topological polar surface area (TPSA) is 85.3 Å². The number of amidine groups is 1. The maximum atomic E-state index is 12.6. The molecule has 3 aliphatic heterocycles. The highest BCUT2D eigenvalue weighted by atomic mass is 32.2. The van der Waals surface area contributed by atoms with Crippen LogP contribution < -0.4 is 14.4 Å². The lowest BCUT2D eigenvalue weighted by Crippen LogP contribution is -2.37. The first-order valence-electron chi connectivity index (χ1n) is 9.10. The summed E-state index contributed by atoms with van der Waals surface area (Å²) in [6.07, 6.45) is 1.48. The molecular weight excluding hydrogens is 388 g/mol. The number of thioether (sulfide) groups is 1. The molecule has 2 fully saturated rings. The van der Waals surface area contributed by atoms with E-state index in [0.29, 0.717) is 16.7 Å². The predicted octanol–water partition coefficient (Wildman–Crippen LogP) is 2.45. The lowest BCUT2D eigenvalue weighted by Gasteiger charge is -2.25. The molecule has 0 bridgehead atoms. The van der Waals surface area contributed by atoms with Gasteiger partial charge in [-0.05, 0) is 25.0 Å². The number of aliphatic imine (C=N–C) groups is 1. The molecule has 1 aromatic rings. The fourth-order valence-electron chi connectivity index (χ4n) is 3.72. The summed E-state index contributed by atoms with van der Waals surface area (Å²) >= 11 is 1.39. The molecule has 1 aromatic carbocycles. The Bertz CT molecular complexity index is 895. The monoisotopic (exact) mass is 410 g/mol. The maximum absolute atomic E-state index is 12.6. The van der Waals surface area contributed by atoms with Gasteiger partial charge in [0.2, 0.25) is 6.79 Å². The van der Waals surface area contributed by atoms with Crippen LogP contribution in [0.15, 0.2) is 23.2 Å². The van der Waals surface area contributed by atoms with Gasteiger partial charge in [0.15, 0.2) is 26.5 Å². The molecule has 9 heteroatoms. The van der Waals surface area contributed by atoms with E-state index in [2.05, 4.69) is 4.99 Å². The van der Waals surface area contributed by atoms with Crippen LogP contribution in [0.2, 0.25) is 0 Å². The lowest BCUT2D eigenvalue weighted by atomic mass is 10.0. The summed E-state index contributed by atoms with van der Waals surface area (Å²) in [4.78, 5) is 18.9. The minimum atomic E-state index is -3.09. The third-order valence-corrected chi connectivity index (χ3v) is 8.45. The first-order valence-corrected chi connectivity index (χ1v) is 11.8. The second kappa shape index (κ2) is 7.01. The Morgan fingerprint density at radius 3 is 2.74 bits per heavy atom. The zero-order valence-corrected chi connectivity index (χ0v) is 16.9. The molecule has 146 valence electrons. The summed E-state index contributed by atoms with van der Waals surface area (Å²) in [5, 5.41) is 0.462. The van der Waals surface area contributed by atoms with Crippen LogP contribution in [0.1, 0.15) is 26.7 Å². The smallest absolute Gasteiger partial charge is 0.251 e. The van der Waals surface area contributed by atoms with Crippen molar-refractivity contribution >= 4 is 38.4 Å². The van der Waals surface area contributed by atoms with Gasteiger partial charge in [-0.1, -0.05) is 25.6 Å². The summed E-state index contributed by atoms with van der Waals surface area (Å²) in [6, 6.07) is 5.26. The van der Waals surface area contributed by atoms with E-state index in [1.54, 1.807) is 6.07 Å². The zero-order valence-electron chi connectivity index (χ0n) is 15.3. The van der Waals surface area contributed by atoms with Crippen LogP contribution in [0, 0.1) is 5.92 Å². The number of amides is 1. The molecule has 2 saturated heterocycles. The second-order valence-electron chi connectivity index (χ2n) is 6.95. The van der Waals surface area contributed by atoms with Gasteiger partial charge < -0.3 is 14.4 Å². The van der Waals surface area contributed by atoms with Crippen LogP contribution in [0.5, 0.6) is 11.5 Å². The molecule has 2 atom stereocenters. The van der Waals surface area contributed by atoms with Crippen molar-refractivity contribution in [2.75, 3.05) is 23.2 Å². The van der Waals surface area contributed by atoms with Crippen molar-refractivity contribution in [1.29, 1.82) is 0 Å². The Balaban J connectivity index is 1.72. The van der Waals surface area contributed by atoms with E-state index in [4.69, 9.17) is 9.47 Å². The van der Waals surface area contributed by atoms with Crippen molar-refractivity contribution in [2.24, 2.45) is 10.9 Å². The predicted molar refractivity (Wildman–Crippen MR) is 105 cm³/mol. The molecular formula is C18H22N2O5S2. The highest BCUT2D eigenvalue weighted by Gasteiger charge is 2.49. The fourth-order valence-corrected chi connectivity index (χ4v) is 7.64. The average molecular weight is 411 g/mol. The molecule has 1 amide bonds. The van der Waals surface area contributed by atoms with E-state index in [0.717, 1.165) is 18.5 Å². The largest absolute Gasteiger partial charge is 0.454 e. The van der Waals surface area contributed by atoms with Gasteiger partial charge in [0.05, 0.1) is 17.5 Å². The summed E-state index contributed by atoms with van der Waals surface area (Å²) < 4.78 is 35.1. The van der Waals surface area contributed by atoms with Crippen LogP contribution in [-0.2, 0) is 14.6 Å². The van der Waals surface area contributed by atoms with E-state index in [9.17, 15) is 13.2 Å². The molecule has 3 heterocycles. The molecule has 3 aliphatic rings. The molecule has 0 aromatic heterocycles. The van der Waals surface area contributed by atoms with E-state index in [-0.39, 0.29) is 41.4 Å². The number of carbonyl (C=O) groups is 1. The molecule has 27 heavy (non-hydrogen) atoms. The third-order valence-electron chi connectivity index (χ3n) is 5.24. The number of rotatable bonds is 4. The van der Waals surface area contributed by atoms with Crippen LogP contribution in [0.3, 0.4) is 0 Å². The number of fused-ring (bicyclic) bond motifs is 2. The Labute approximate surface area is 163 Å². The number of sulfone groups is 1. The molecule has 0 radical (unpaired) electrons. The van der Waals surface area contributed by atoms with Crippen molar-refractivity contribution in [3.05, 3.63) is 18.2 Å². The van der Waals surface area contributed by atoms with Crippen molar-refractivity contribution in [2.45, 2.75) is 38.0 Å². The van der Waals surface area contributed by atoms with Gasteiger partial charge in [0.25, 0.3) is 5.91 Å². The van der Waals surface area contributed by atoms with Crippen LogP contribution in [0.4, 0.5) is 5.69 Å². The van der Waals surface area contributed by atoms with E-state index < -0.39 is 9.84 Å². The van der Waals surface area contributed by atoms with E-state index in [1.807, 2.05) is 30.9 Å². The van der Waals surface area contributed by atoms with Crippen LogP contribution >= 0.6 is 11.8 Å². The van der Waals surface area contributed by atoms with Gasteiger partial charge in [-0.25, -0.2) is 8.42 Å². The molecule has 0 unspecified atom stereocenters. The number of carbonyl (C=O) groups excluding carboxylic acids is 1. The standard InChI is InChI=1S/C18H22N2O5S2/c1-3-11(4-2)17(21)19-18-20(13-8-27(22,23)9-16(13)26-18)12-5-6-14-15(7-12)25-10-24-14/h5-7,11,13,16H,3-4,8-10H2,1-2H3/t13-,16+/m0/s1. The first kappa shape index (κ1) is 18.6. The number of hydrogen-bond donors (Lipinski definition) is 0. The molecule has 0 saturated carbocycles. The van der Waals surface area contributed by atoms with Gasteiger partial charge in [0, 0.05) is 22.9 Å². The van der Waals surface area contributed by atoms with Crippen molar-refractivity contribution in [3.63, 3.8) is 0 Å². The highest BCUT2D eigenvalue weighted by Crippen LogP contribution is 2.44. The zero-order chi connectivity index (χ0) is 19.2. The number of benzene rings is 1. The van der Waals surface area contributed by atoms with Crippen molar-refractivity contribution in [1.82, 2.24) is 0 Å². The normalized spacial score (nSPS) is 26.8. The minimum absolute atomic E-state index is 0.0668. The molecule has 4 rings (SSSR count). The molecule has 0 spiro atoms. The second-order valence-corrected chi connectivity index (χ2v) is 10.3. The fraction of sp³-hybridized carbons (Fsp3) is 0.556. The lowest BCUT2D eigenvalue weighted by molar-refractivity contribution is -0.121. The maximum Gasteiger partial charge on any atom is 0.251 e. The van der Waals surface area contributed by atoms with E-state index in [1.165, 1.54) is 11.8 Å².